The molecular weight excluding hydrogens is 853 g/mol. The van der Waals surface area contributed by atoms with E-state index < -0.39 is 11.5 Å². The Morgan fingerprint density at radius 1 is 0.588 bits per heavy atom. The van der Waals surface area contributed by atoms with Crippen molar-refractivity contribution in [2.24, 2.45) is 23.7 Å². The molecule has 4 aromatic carbocycles. The zero-order chi connectivity index (χ0) is 46.1. The monoisotopic (exact) mass is 906 g/mol. The molecular formula is C56H54N6O6. The summed E-state index contributed by atoms with van der Waals surface area (Å²) < 4.78 is 23.8. The Balaban J connectivity index is 0.000000149. The molecule has 68 heavy (non-hydrogen) atoms. The highest BCUT2D eigenvalue weighted by Gasteiger charge is 2.54. The van der Waals surface area contributed by atoms with Gasteiger partial charge < -0.3 is 18.3 Å². The standard InChI is InChI=1S/C29H29N3O3.C27H25N3O3/c1-2-32-28(33)35-27(31-32)21-7-10-22(11-8-21)29(18-20-6-9-24(29)17-20)23-12-14-26(15-13-23)34-19-25-5-3-4-16-30-25;31-26-30-29-25(33-26)19-5-8-20(9-6-19)27(16-18-4-7-22(27)15-18)21-10-12-24(13-11-21)32-17-23-3-1-2-14-28-23/h3-5,7-8,10-16,20,24H,2,6,9,17-19H2,1H3;1-3,5-6,8-14,18,22H,4,7,15-17H2,(H,30,31)/t20?,24-,29+;18?,22-,27+/m11/s1. The third-order valence-corrected chi connectivity index (χ3v) is 15.3. The van der Waals surface area contributed by atoms with Gasteiger partial charge in [-0.25, -0.2) is 14.7 Å². The summed E-state index contributed by atoms with van der Waals surface area (Å²) in [5.41, 5.74) is 8.82. The van der Waals surface area contributed by atoms with E-state index in [1.807, 2.05) is 67.6 Å². The molecule has 12 heteroatoms. The predicted molar refractivity (Wildman–Crippen MR) is 257 cm³/mol. The lowest BCUT2D eigenvalue weighted by molar-refractivity contribution is 0.299. The highest BCUT2D eigenvalue weighted by atomic mass is 16.5. The molecule has 4 aliphatic rings. The molecule has 0 aliphatic heterocycles. The Morgan fingerprint density at radius 2 is 1.06 bits per heavy atom. The van der Waals surface area contributed by atoms with Crippen LogP contribution in [0.15, 0.2) is 164 Å². The summed E-state index contributed by atoms with van der Waals surface area (Å²) in [6.07, 6.45) is 13.7. The van der Waals surface area contributed by atoms with Crippen LogP contribution in [-0.4, -0.2) is 29.9 Å². The number of rotatable bonds is 13. The van der Waals surface area contributed by atoms with Gasteiger partial charge in [-0.3, -0.25) is 9.97 Å². The van der Waals surface area contributed by atoms with Gasteiger partial charge in [-0.1, -0.05) is 73.5 Å². The van der Waals surface area contributed by atoms with Crippen molar-refractivity contribution in [1.29, 1.82) is 0 Å². The van der Waals surface area contributed by atoms with Crippen molar-refractivity contribution in [3.8, 4) is 34.4 Å². The highest BCUT2D eigenvalue weighted by molar-refractivity contribution is 5.57. The maximum atomic E-state index is 11.9. The summed E-state index contributed by atoms with van der Waals surface area (Å²) in [7, 11) is 0. The second-order valence-corrected chi connectivity index (χ2v) is 18.9. The lowest BCUT2D eigenvalue weighted by atomic mass is 9.64. The van der Waals surface area contributed by atoms with Crippen molar-refractivity contribution in [1.82, 2.24) is 29.9 Å². The maximum absolute atomic E-state index is 11.9. The van der Waals surface area contributed by atoms with E-state index in [1.165, 1.54) is 78.3 Å². The van der Waals surface area contributed by atoms with Crippen LogP contribution in [0.1, 0.15) is 91.9 Å². The minimum Gasteiger partial charge on any atom is -0.487 e. The lowest BCUT2D eigenvalue weighted by Gasteiger charge is -2.39. The molecule has 344 valence electrons. The van der Waals surface area contributed by atoms with Crippen LogP contribution >= 0.6 is 0 Å². The van der Waals surface area contributed by atoms with E-state index in [2.05, 4.69) is 98.1 Å². The topological polar surface area (TPSA) is 151 Å². The smallest absolute Gasteiger partial charge is 0.437 e. The number of hydrogen-bond acceptors (Lipinski definition) is 10. The highest BCUT2D eigenvalue weighted by Crippen LogP contribution is 2.61. The summed E-state index contributed by atoms with van der Waals surface area (Å²) >= 11 is 0. The molecule has 4 heterocycles. The minimum atomic E-state index is -0.538. The van der Waals surface area contributed by atoms with Gasteiger partial charge in [0.15, 0.2) is 0 Å². The first kappa shape index (κ1) is 43.2. The van der Waals surface area contributed by atoms with Crippen LogP contribution in [0.2, 0.25) is 0 Å². The van der Waals surface area contributed by atoms with E-state index in [-0.39, 0.29) is 10.8 Å². The Bertz CT molecular complexity index is 3080. The van der Waals surface area contributed by atoms with Crippen molar-refractivity contribution >= 4 is 0 Å². The average Bonchev–Trinajstić information content (AvgIpc) is 4.29. The SMILES string of the molecule is CCn1nc(-c2ccc([C@]3(c4ccc(OCc5ccccn5)cc4)CC4CC[C@@H]3C4)cc2)oc1=O.O=c1[nH]nc(-c2ccc([C@]3(c4ccc(OCc5ccccn5)cc4)CC4CC[C@@H]3C4)cc2)o1. The van der Waals surface area contributed by atoms with E-state index in [9.17, 15) is 9.59 Å². The number of aromatic nitrogens is 6. The van der Waals surface area contributed by atoms with E-state index in [0.29, 0.717) is 43.4 Å². The van der Waals surface area contributed by atoms with E-state index in [1.54, 1.807) is 12.4 Å². The number of fused-ring (bicyclic) bond motifs is 4. The fourth-order valence-electron chi connectivity index (χ4n) is 12.2. The summed E-state index contributed by atoms with van der Waals surface area (Å²) in [5.74, 6) is 4.28. The van der Waals surface area contributed by atoms with E-state index in [0.717, 1.165) is 45.8 Å². The summed E-state index contributed by atoms with van der Waals surface area (Å²) in [6.45, 7) is 3.29. The Morgan fingerprint density at radius 3 is 1.43 bits per heavy atom. The molecule has 12 nitrogen and oxygen atoms in total. The second-order valence-electron chi connectivity index (χ2n) is 18.9. The zero-order valence-electron chi connectivity index (χ0n) is 38.1. The molecule has 12 rings (SSSR count). The van der Waals surface area contributed by atoms with E-state index >= 15 is 0 Å². The number of pyridine rings is 2. The molecule has 4 aromatic heterocycles. The van der Waals surface area contributed by atoms with Gasteiger partial charge in [-0.2, -0.15) is 4.68 Å². The fourth-order valence-corrected chi connectivity index (χ4v) is 12.2. The first-order chi connectivity index (χ1) is 33.4. The van der Waals surface area contributed by atoms with Crippen LogP contribution in [0.4, 0.5) is 0 Å². The van der Waals surface area contributed by atoms with Gasteiger partial charge in [0, 0.05) is 40.9 Å². The quantitative estimate of drug-likeness (QED) is 0.118. The van der Waals surface area contributed by atoms with Crippen molar-refractivity contribution in [3.63, 3.8) is 0 Å². The number of hydrogen-bond donors (Lipinski definition) is 1. The van der Waals surface area contributed by atoms with Gasteiger partial charge in [0.25, 0.3) is 0 Å². The van der Waals surface area contributed by atoms with Crippen LogP contribution in [0.5, 0.6) is 11.5 Å². The molecule has 6 atom stereocenters. The summed E-state index contributed by atoms with van der Waals surface area (Å²) in [6, 6.07) is 45.8. The molecule has 8 aromatic rings. The second kappa shape index (κ2) is 18.4. The molecule has 4 saturated carbocycles. The molecule has 2 unspecified atom stereocenters. The first-order valence-electron chi connectivity index (χ1n) is 24.0. The molecule has 0 spiro atoms. The van der Waals surface area contributed by atoms with Gasteiger partial charge >= 0.3 is 11.5 Å². The average molecular weight is 907 g/mol. The molecule has 1 N–H and O–H groups in total. The largest absolute Gasteiger partial charge is 0.487 e. The molecule has 4 bridgehead atoms. The molecule has 0 saturated heterocycles. The van der Waals surface area contributed by atoms with Gasteiger partial charge in [0.2, 0.25) is 11.8 Å². The number of benzene rings is 4. The van der Waals surface area contributed by atoms with Gasteiger partial charge in [0.05, 0.1) is 11.4 Å². The lowest BCUT2D eigenvalue weighted by Crippen LogP contribution is -2.34. The van der Waals surface area contributed by atoms with Gasteiger partial charge in [0.1, 0.15) is 24.7 Å². The van der Waals surface area contributed by atoms with Crippen molar-refractivity contribution in [2.45, 2.75) is 88.9 Å². The number of aromatic amines is 1. The van der Waals surface area contributed by atoms with Crippen LogP contribution in [-0.2, 0) is 30.6 Å². The van der Waals surface area contributed by atoms with Crippen LogP contribution in [0.25, 0.3) is 22.9 Å². The molecule has 4 fully saturated rings. The zero-order valence-corrected chi connectivity index (χ0v) is 38.1. The Hall–Kier alpha value is -7.34. The molecule has 0 amide bonds. The van der Waals surface area contributed by atoms with Crippen molar-refractivity contribution in [3.05, 3.63) is 201 Å². The molecule has 4 aliphatic carbocycles. The number of H-pyrrole nitrogens is 1. The van der Waals surface area contributed by atoms with Crippen LogP contribution in [0.3, 0.4) is 0 Å². The third kappa shape index (κ3) is 8.26. The Kier molecular flexibility index (Phi) is 11.7. The maximum Gasteiger partial charge on any atom is 0.437 e. The van der Waals surface area contributed by atoms with Crippen LogP contribution < -0.4 is 21.0 Å². The predicted octanol–water partition coefficient (Wildman–Crippen LogP) is 10.7. The van der Waals surface area contributed by atoms with Crippen LogP contribution in [0, 0.1) is 23.7 Å². The van der Waals surface area contributed by atoms with Gasteiger partial charge in [-0.05, 0) is 164 Å². The number of ether oxygens (including phenoxy) is 2. The number of aryl methyl sites for hydroxylation is 1. The first-order valence-corrected chi connectivity index (χ1v) is 24.0. The minimum absolute atomic E-state index is 0.00454. The third-order valence-electron chi connectivity index (χ3n) is 15.3. The number of nitrogens with one attached hydrogen (secondary N) is 1. The normalized spacial score (nSPS) is 23.3. The number of nitrogens with zero attached hydrogens (tertiary/aromatic N) is 5. The summed E-state index contributed by atoms with van der Waals surface area (Å²) in [5, 5.41) is 10.6. The molecule has 0 radical (unpaired) electrons. The van der Waals surface area contributed by atoms with E-state index in [4.69, 9.17) is 18.3 Å². The van der Waals surface area contributed by atoms with Crippen molar-refractivity contribution < 1.29 is 18.3 Å². The van der Waals surface area contributed by atoms with Crippen molar-refractivity contribution in [2.75, 3.05) is 0 Å². The summed E-state index contributed by atoms with van der Waals surface area (Å²) in [4.78, 5) is 31.9. The Labute approximate surface area is 394 Å². The fraction of sp³-hybridized carbons (Fsp3) is 0.321. The van der Waals surface area contributed by atoms with Gasteiger partial charge in [-0.15, -0.1) is 10.2 Å².